The third kappa shape index (κ3) is 2.93. The number of nitrogens with zero attached hydrogens (tertiary/aromatic N) is 2. The van der Waals surface area contributed by atoms with Gasteiger partial charge in [-0.15, -0.1) is 11.3 Å². The molecule has 0 aliphatic carbocycles. The number of hydrogen-bond donors (Lipinski definition) is 1. The molecule has 2 saturated heterocycles. The molecular formula is C14H20BrN3OS. The lowest BCUT2D eigenvalue weighted by Crippen LogP contribution is -2.49. The number of thiophene rings is 1. The first-order valence-electron chi connectivity index (χ1n) is 7.15. The number of likely N-dealkylation sites (tertiary alicyclic amines) is 1. The lowest BCUT2D eigenvalue weighted by Gasteiger charge is -2.32. The summed E-state index contributed by atoms with van der Waals surface area (Å²) < 4.78 is 0.964. The molecule has 3 heterocycles. The minimum atomic E-state index is 0.179. The largest absolute Gasteiger partial charge is 0.337 e. The van der Waals surface area contributed by atoms with Gasteiger partial charge in [0.15, 0.2) is 0 Å². The van der Waals surface area contributed by atoms with E-state index in [9.17, 15) is 4.79 Å². The average Bonchev–Trinajstić information content (AvgIpc) is 3.06. The molecule has 3 rings (SSSR count). The van der Waals surface area contributed by atoms with Crippen molar-refractivity contribution in [2.75, 3.05) is 39.3 Å². The maximum Gasteiger partial charge on any atom is 0.255 e. The molecule has 2 fully saturated rings. The van der Waals surface area contributed by atoms with E-state index in [0.717, 1.165) is 55.0 Å². The van der Waals surface area contributed by atoms with Crippen LogP contribution in [0.25, 0.3) is 0 Å². The Balaban J connectivity index is 1.64. The molecule has 1 atom stereocenters. The number of piperazine rings is 1. The first kappa shape index (κ1) is 14.5. The molecule has 20 heavy (non-hydrogen) atoms. The fraction of sp³-hybridized carbons (Fsp3) is 0.643. The van der Waals surface area contributed by atoms with E-state index in [2.05, 4.69) is 26.1 Å². The van der Waals surface area contributed by atoms with Crippen LogP contribution < -0.4 is 5.32 Å². The highest BCUT2D eigenvalue weighted by molar-refractivity contribution is 9.11. The molecular weight excluding hydrogens is 338 g/mol. The molecule has 0 radical (unpaired) electrons. The summed E-state index contributed by atoms with van der Waals surface area (Å²) in [4.78, 5) is 18.3. The second-order valence-electron chi connectivity index (χ2n) is 5.52. The highest BCUT2D eigenvalue weighted by Gasteiger charge is 2.32. The van der Waals surface area contributed by atoms with Crippen molar-refractivity contribution in [3.05, 3.63) is 20.3 Å². The summed E-state index contributed by atoms with van der Waals surface area (Å²) in [7, 11) is 0. The summed E-state index contributed by atoms with van der Waals surface area (Å²) in [5, 5.41) is 3.38. The van der Waals surface area contributed by atoms with Crippen LogP contribution in [0.4, 0.5) is 0 Å². The number of halogens is 1. The number of carbonyl (C=O) groups is 1. The van der Waals surface area contributed by atoms with Crippen LogP contribution in [0, 0.1) is 6.92 Å². The Morgan fingerprint density at radius 2 is 2.15 bits per heavy atom. The van der Waals surface area contributed by atoms with Crippen molar-refractivity contribution >= 4 is 33.2 Å². The Morgan fingerprint density at radius 1 is 1.40 bits per heavy atom. The smallest absolute Gasteiger partial charge is 0.255 e. The van der Waals surface area contributed by atoms with Gasteiger partial charge in [0.05, 0.1) is 9.35 Å². The molecule has 0 aromatic carbocycles. The summed E-state index contributed by atoms with van der Waals surface area (Å²) in [6.45, 7) is 8.15. The first-order valence-corrected chi connectivity index (χ1v) is 8.76. The summed E-state index contributed by atoms with van der Waals surface area (Å²) in [6, 6.07) is 2.54. The topological polar surface area (TPSA) is 35.6 Å². The molecule has 6 heteroatoms. The van der Waals surface area contributed by atoms with Gasteiger partial charge in [-0.2, -0.15) is 0 Å². The predicted molar refractivity (Wildman–Crippen MR) is 85.5 cm³/mol. The van der Waals surface area contributed by atoms with Gasteiger partial charge in [-0.25, -0.2) is 0 Å². The third-order valence-electron chi connectivity index (χ3n) is 4.16. The van der Waals surface area contributed by atoms with Crippen molar-refractivity contribution in [1.29, 1.82) is 0 Å². The SMILES string of the molecule is Cc1cc(C(=O)N2CCC(N3CCNCC3)C2)c(Br)s1. The highest BCUT2D eigenvalue weighted by atomic mass is 79.9. The average molecular weight is 358 g/mol. The van der Waals surface area contributed by atoms with Gasteiger partial charge in [0.2, 0.25) is 0 Å². The molecule has 2 aliphatic rings. The van der Waals surface area contributed by atoms with Crippen LogP contribution in [0.3, 0.4) is 0 Å². The first-order chi connectivity index (χ1) is 9.65. The van der Waals surface area contributed by atoms with E-state index in [1.807, 2.05) is 17.9 Å². The van der Waals surface area contributed by atoms with Crippen molar-refractivity contribution in [3.63, 3.8) is 0 Å². The van der Waals surface area contributed by atoms with Crippen LogP contribution in [-0.2, 0) is 0 Å². The van der Waals surface area contributed by atoms with Crippen molar-refractivity contribution < 1.29 is 4.79 Å². The molecule has 0 saturated carbocycles. The van der Waals surface area contributed by atoms with E-state index in [1.165, 1.54) is 4.88 Å². The molecule has 1 N–H and O–H groups in total. The second-order valence-corrected chi connectivity index (χ2v) is 8.10. The minimum Gasteiger partial charge on any atom is -0.337 e. The lowest BCUT2D eigenvalue weighted by molar-refractivity contribution is 0.0773. The van der Waals surface area contributed by atoms with Crippen molar-refractivity contribution in [2.45, 2.75) is 19.4 Å². The molecule has 4 nitrogen and oxygen atoms in total. The van der Waals surface area contributed by atoms with E-state index in [-0.39, 0.29) is 5.91 Å². The lowest BCUT2D eigenvalue weighted by atomic mass is 10.2. The Labute approximate surface area is 132 Å². The summed E-state index contributed by atoms with van der Waals surface area (Å²) >= 11 is 5.14. The molecule has 0 spiro atoms. The Morgan fingerprint density at radius 3 is 2.80 bits per heavy atom. The van der Waals surface area contributed by atoms with Gasteiger partial charge in [-0.05, 0) is 35.3 Å². The van der Waals surface area contributed by atoms with Gasteiger partial charge >= 0.3 is 0 Å². The molecule has 1 aromatic rings. The third-order valence-corrected chi connectivity index (χ3v) is 5.91. The Kier molecular flexibility index (Phi) is 4.45. The summed E-state index contributed by atoms with van der Waals surface area (Å²) in [5.74, 6) is 0.179. The van der Waals surface area contributed by atoms with Crippen LogP contribution in [0.15, 0.2) is 9.85 Å². The van der Waals surface area contributed by atoms with Gasteiger partial charge < -0.3 is 10.2 Å². The number of nitrogens with one attached hydrogen (secondary N) is 1. The standard InChI is InChI=1S/C14H20BrN3OS/c1-10-8-12(13(15)20-10)14(19)18-5-2-11(9-18)17-6-3-16-4-7-17/h8,11,16H,2-7,9H2,1H3. The van der Waals surface area contributed by atoms with Gasteiger partial charge in [0, 0.05) is 50.2 Å². The Hall–Kier alpha value is -0.430. The second kappa shape index (κ2) is 6.13. The van der Waals surface area contributed by atoms with E-state index < -0.39 is 0 Å². The van der Waals surface area contributed by atoms with Crippen molar-refractivity contribution in [3.8, 4) is 0 Å². The van der Waals surface area contributed by atoms with Crippen LogP contribution in [0.2, 0.25) is 0 Å². The fourth-order valence-electron chi connectivity index (χ4n) is 3.07. The van der Waals surface area contributed by atoms with Crippen LogP contribution in [0.5, 0.6) is 0 Å². The molecule has 1 unspecified atom stereocenters. The molecule has 0 bridgehead atoms. The van der Waals surface area contributed by atoms with E-state index in [0.29, 0.717) is 6.04 Å². The van der Waals surface area contributed by atoms with E-state index in [4.69, 9.17) is 0 Å². The van der Waals surface area contributed by atoms with Gasteiger partial charge in [0.25, 0.3) is 5.91 Å². The number of hydrogen-bond acceptors (Lipinski definition) is 4. The number of rotatable bonds is 2. The zero-order valence-corrected chi connectivity index (χ0v) is 14.1. The Bertz CT molecular complexity index is 499. The normalized spacial score (nSPS) is 24.3. The number of amides is 1. The minimum absolute atomic E-state index is 0.179. The summed E-state index contributed by atoms with van der Waals surface area (Å²) in [5.41, 5.74) is 0.827. The molecule has 1 aromatic heterocycles. The van der Waals surface area contributed by atoms with Crippen LogP contribution >= 0.6 is 27.3 Å². The van der Waals surface area contributed by atoms with Crippen LogP contribution in [0.1, 0.15) is 21.7 Å². The zero-order chi connectivity index (χ0) is 14.1. The van der Waals surface area contributed by atoms with Gasteiger partial charge in [-0.1, -0.05) is 0 Å². The highest BCUT2D eigenvalue weighted by Crippen LogP contribution is 2.29. The number of aryl methyl sites for hydroxylation is 1. The fourth-order valence-corrected chi connectivity index (χ4v) is 4.84. The van der Waals surface area contributed by atoms with Crippen molar-refractivity contribution in [2.24, 2.45) is 0 Å². The molecule has 1 amide bonds. The molecule has 2 aliphatic heterocycles. The monoisotopic (exact) mass is 357 g/mol. The maximum absolute atomic E-state index is 12.6. The quantitative estimate of drug-likeness (QED) is 0.878. The molecule has 110 valence electrons. The van der Waals surface area contributed by atoms with E-state index in [1.54, 1.807) is 11.3 Å². The number of carbonyl (C=O) groups excluding carboxylic acids is 1. The predicted octanol–water partition coefficient (Wildman–Crippen LogP) is 1.94. The van der Waals surface area contributed by atoms with Gasteiger partial charge in [-0.3, -0.25) is 9.69 Å². The van der Waals surface area contributed by atoms with Crippen LogP contribution in [-0.4, -0.2) is 61.0 Å². The van der Waals surface area contributed by atoms with E-state index >= 15 is 0 Å². The summed E-state index contributed by atoms with van der Waals surface area (Å²) in [6.07, 6.45) is 1.10. The van der Waals surface area contributed by atoms with Gasteiger partial charge in [0.1, 0.15) is 0 Å². The van der Waals surface area contributed by atoms with Crippen molar-refractivity contribution in [1.82, 2.24) is 15.1 Å². The zero-order valence-electron chi connectivity index (χ0n) is 11.7. The maximum atomic E-state index is 12.6.